The lowest BCUT2D eigenvalue weighted by Crippen LogP contribution is -2.44. The first-order valence-electron chi connectivity index (χ1n) is 6.33. The van der Waals surface area contributed by atoms with E-state index < -0.39 is 0 Å². The van der Waals surface area contributed by atoms with Crippen molar-refractivity contribution >= 4 is 23.1 Å². The molecule has 6 heteroatoms. The monoisotopic (exact) mass is 273 g/mol. The first-order chi connectivity index (χ1) is 8.52. The SMILES string of the molecule is COCC(C)NC(=O)CN(CCC(N)=S)C1CC1. The van der Waals surface area contributed by atoms with Crippen molar-refractivity contribution in [1.29, 1.82) is 0 Å². The molecule has 0 bridgehead atoms. The fraction of sp³-hybridized carbons (Fsp3) is 0.833. The maximum Gasteiger partial charge on any atom is 0.234 e. The highest BCUT2D eigenvalue weighted by molar-refractivity contribution is 7.80. The molecule has 104 valence electrons. The van der Waals surface area contributed by atoms with Crippen LogP contribution in [0.15, 0.2) is 0 Å². The van der Waals surface area contributed by atoms with Crippen LogP contribution in [-0.2, 0) is 9.53 Å². The third-order valence-electron chi connectivity index (χ3n) is 2.88. The highest BCUT2D eigenvalue weighted by atomic mass is 32.1. The number of hydrogen-bond donors (Lipinski definition) is 2. The summed E-state index contributed by atoms with van der Waals surface area (Å²) >= 11 is 4.87. The Morgan fingerprint density at radius 3 is 2.78 bits per heavy atom. The van der Waals surface area contributed by atoms with Gasteiger partial charge in [0.15, 0.2) is 0 Å². The van der Waals surface area contributed by atoms with E-state index >= 15 is 0 Å². The van der Waals surface area contributed by atoms with Gasteiger partial charge in [0.2, 0.25) is 5.91 Å². The standard InChI is InChI=1S/C12H23N3O2S/c1-9(8-17-2)14-12(16)7-15(10-3-4-10)6-5-11(13)18/h9-10H,3-8H2,1-2H3,(H2,13,18)(H,14,16). The summed E-state index contributed by atoms with van der Waals surface area (Å²) < 4.78 is 4.99. The molecule has 0 spiro atoms. The molecule has 1 aliphatic carbocycles. The molecular weight excluding hydrogens is 250 g/mol. The number of rotatable bonds is 9. The van der Waals surface area contributed by atoms with Crippen LogP contribution < -0.4 is 11.1 Å². The van der Waals surface area contributed by atoms with Gasteiger partial charge in [-0.15, -0.1) is 0 Å². The van der Waals surface area contributed by atoms with Gasteiger partial charge >= 0.3 is 0 Å². The highest BCUT2D eigenvalue weighted by Gasteiger charge is 2.30. The zero-order valence-electron chi connectivity index (χ0n) is 11.1. The van der Waals surface area contributed by atoms with Crippen molar-refractivity contribution < 1.29 is 9.53 Å². The predicted molar refractivity (Wildman–Crippen MR) is 75.5 cm³/mol. The van der Waals surface area contributed by atoms with Crippen LogP contribution in [0.25, 0.3) is 0 Å². The van der Waals surface area contributed by atoms with Crippen molar-refractivity contribution in [3.8, 4) is 0 Å². The fourth-order valence-electron chi connectivity index (χ4n) is 1.88. The Kier molecular flexibility index (Phi) is 6.52. The maximum atomic E-state index is 11.8. The van der Waals surface area contributed by atoms with Crippen molar-refractivity contribution in [2.45, 2.75) is 38.3 Å². The Hall–Kier alpha value is -0.720. The van der Waals surface area contributed by atoms with Crippen molar-refractivity contribution in [2.24, 2.45) is 5.73 Å². The Balaban J connectivity index is 2.31. The van der Waals surface area contributed by atoms with Crippen LogP contribution >= 0.6 is 12.2 Å². The van der Waals surface area contributed by atoms with Gasteiger partial charge in [-0.1, -0.05) is 12.2 Å². The molecule has 1 unspecified atom stereocenters. The van der Waals surface area contributed by atoms with E-state index in [-0.39, 0.29) is 11.9 Å². The van der Waals surface area contributed by atoms with Crippen molar-refractivity contribution in [1.82, 2.24) is 10.2 Å². The van der Waals surface area contributed by atoms with Gasteiger partial charge in [-0.3, -0.25) is 9.69 Å². The molecule has 0 saturated heterocycles. The molecule has 1 rings (SSSR count). The molecule has 0 aromatic rings. The van der Waals surface area contributed by atoms with Crippen LogP contribution in [0.4, 0.5) is 0 Å². The van der Waals surface area contributed by atoms with Gasteiger partial charge in [0.1, 0.15) is 0 Å². The first kappa shape index (κ1) is 15.3. The molecule has 1 aliphatic rings. The van der Waals surface area contributed by atoms with E-state index in [1.54, 1.807) is 7.11 Å². The van der Waals surface area contributed by atoms with Gasteiger partial charge in [0.05, 0.1) is 18.1 Å². The molecule has 0 aliphatic heterocycles. The summed E-state index contributed by atoms with van der Waals surface area (Å²) in [6.45, 7) is 3.65. The number of amides is 1. The summed E-state index contributed by atoms with van der Waals surface area (Å²) in [5, 5.41) is 2.91. The quantitative estimate of drug-likeness (QED) is 0.591. The van der Waals surface area contributed by atoms with E-state index in [0.29, 0.717) is 30.6 Å². The van der Waals surface area contributed by atoms with E-state index in [4.69, 9.17) is 22.7 Å². The minimum absolute atomic E-state index is 0.0365. The normalized spacial score (nSPS) is 16.6. The summed E-state index contributed by atoms with van der Waals surface area (Å²) in [6, 6.07) is 0.571. The third kappa shape index (κ3) is 6.28. The van der Waals surface area contributed by atoms with Crippen molar-refractivity contribution in [3.63, 3.8) is 0 Å². The first-order valence-corrected chi connectivity index (χ1v) is 6.74. The van der Waals surface area contributed by atoms with Crippen molar-refractivity contribution in [3.05, 3.63) is 0 Å². The van der Waals surface area contributed by atoms with Crippen LogP contribution in [0.2, 0.25) is 0 Å². The van der Waals surface area contributed by atoms with E-state index in [0.717, 1.165) is 19.4 Å². The van der Waals surface area contributed by atoms with Crippen LogP contribution in [0.3, 0.4) is 0 Å². The molecule has 1 atom stereocenters. The lowest BCUT2D eigenvalue weighted by Gasteiger charge is -2.22. The van der Waals surface area contributed by atoms with Crippen LogP contribution in [0.5, 0.6) is 0 Å². The number of hydrogen-bond acceptors (Lipinski definition) is 4. The van der Waals surface area contributed by atoms with Crippen LogP contribution in [0.1, 0.15) is 26.2 Å². The van der Waals surface area contributed by atoms with Crippen LogP contribution in [0, 0.1) is 0 Å². The average Bonchev–Trinajstić information content (AvgIpc) is 3.07. The Morgan fingerprint density at radius 2 is 2.28 bits per heavy atom. The zero-order valence-corrected chi connectivity index (χ0v) is 12.0. The number of carbonyl (C=O) groups excluding carboxylic acids is 1. The number of nitrogens with one attached hydrogen (secondary N) is 1. The number of ether oxygens (including phenoxy) is 1. The fourth-order valence-corrected chi connectivity index (χ4v) is 1.97. The highest BCUT2D eigenvalue weighted by Crippen LogP contribution is 2.26. The van der Waals surface area contributed by atoms with E-state index in [2.05, 4.69) is 10.2 Å². The number of nitrogens with two attached hydrogens (primary N) is 1. The molecule has 0 aromatic carbocycles. The summed E-state index contributed by atoms with van der Waals surface area (Å²) in [7, 11) is 1.63. The predicted octanol–water partition coefficient (Wildman–Crippen LogP) is 0.278. The minimum atomic E-state index is 0.0365. The number of methoxy groups -OCH3 is 1. The maximum absolute atomic E-state index is 11.8. The lowest BCUT2D eigenvalue weighted by atomic mass is 10.3. The topological polar surface area (TPSA) is 67.6 Å². The van der Waals surface area contributed by atoms with E-state index in [1.807, 2.05) is 6.92 Å². The summed E-state index contributed by atoms with van der Waals surface area (Å²) in [5.74, 6) is 0.0365. The van der Waals surface area contributed by atoms with Gasteiger partial charge in [-0.05, 0) is 19.8 Å². The second-order valence-corrected chi connectivity index (χ2v) is 5.37. The van der Waals surface area contributed by atoms with Gasteiger partial charge in [0.25, 0.3) is 0 Å². The summed E-state index contributed by atoms with van der Waals surface area (Å²) in [5.41, 5.74) is 5.50. The van der Waals surface area contributed by atoms with E-state index in [9.17, 15) is 4.79 Å². The van der Waals surface area contributed by atoms with Gasteiger partial charge in [-0.25, -0.2) is 0 Å². The zero-order chi connectivity index (χ0) is 13.5. The Bertz CT molecular complexity index is 295. The molecule has 3 N–H and O–H groups in total. The Labute approximate surface area is 114 Å². The third-order valence-corrected chi connectivity index (χ3v) is 3.08. The number of nitrogens with zero attached hydrogens (tertiary/aromatic N) is 1. The smallest absolute Gasteiger partial charge is 0.234 e. The summed E-state index contributed by atoms with van der Waals surface area (Å²) in [6.07, 6.45) is 3.00. The minimum Gasteiger partial charge on any atom is -0.393 e. The molecule has 18 heavy (non-hydrogen) atoms. The molecule has 0 heterocycles. The van der Waals surface area contributed by atoms with Crippen molar-refractivity contribution in [2.75, 3.05) is 26.8 Å². The largest absolute Gasteiger partial charge is 0.393 e. The second kappa shape index (κ2) is 7.66. The van der Waals surface area contributed by atoms with Gasteiger partial charge < -0.3 is 15.8 Å². The van der Waals surface area contributed by atoms with Crippen LogP contribution in [-0.4, -0.2) is 54.7 Å². The molecule has 0 radical (unpaired) electrons. The molecule has 1 saturated carbocycles. The molecular formula is C12H23N3O2S. The van der Waals surface area contributed by atoms with Gasteiger partial charge in [-0.2, -0.15) is 0 Å². The molecule has 1 amide bonds. The molecule has 5 nitrogen and oxygen atoms in total. The lowest BCUT2D eigenvalue weighted by molar-refractivity contribution is -0.123. The average molecular weight is 273 g/mol. The number of carbonyl (C=O) groups is 1. The number of thiocarbonyl (C=S) groups is 1. The van der Waals surface area contributed by atoms with Gasteiger partial charge in [0, 0.05) is 32.2 Å². The van der Waals surface area contributed by atoms with E-state index in [1.165, 1.54) is 0 Å². The summed E-state index contributed by atoms with van der Waals surface area (Å²) in [4.78, 5) is 14.5. The Morgan fingerprint density at radius 1 is 1.61 bits per heavy atom. The molecule has 0 aromatic heterocycles. The molecule has 1 fully saturated rings. The second-order valence-electron chi connectivity index (χ2n) is 4.84.